The van der Waals surface area contributed by atoms with Crippen LogP contribution in [0.15, 0.2) is 41.7 Å². The average Bonchev–Trinajstić information content (AvgIpc) is 3.52. The van der Waals surface area contributed by atoms with Crippen LogP contribution in [-0.2, 0) is 16.0 Å². The van der Waals surface area contributed by atoms with Crippen LogP contribution in [0.5, 0.6) is 0 Å². The fraction of sp³-hybridized carbons (Fsp3) is 0.444. The molecule has 0 bridgehead atoms. The number of carbonyl (C=O) groups is 2. The lowest BCUT2D eigenvalue weighted by molar-refractivity contribution is -0.140. The van der Waals surface area contributed by atoms with Crippen molar-refractivity contribution in [3.8, 4) is 0 Å². The molecule has 0 unspecified atom stereocenters. The highest BCUT2D eigenvalue weighted by molar-refractivity contribution is 6.14. The van der Waals surface area contributed by atoms with Gasteiger partial charge in [-0.3, -0.25) is 19.5 Å². The van der Waals surface area contributed by atoms with Crippen molar-refractivity contribution in [3.05, 3.63) is 47.8 Å². The minimum Gasteiger partial charge on any atom is -0.404 e. The fourth-order valence-electron chi connectivity index (χ4n) is 5.38. The topological polar surface area (TPSA) is 126 Å². The molecule has 2 fully saturated rings. The maximum absolute atomic E-state index is 13.8. The Balaban J connectivity index is 1.42. The Kier molecular flexibility index (Phi) is 6.47. The second kappa shape index (κ2) is 9.72. The molecular formula is C27H33N7O2. The summed E-state index contributed by atoms with van der Waals surface area (Å²) < 4.78 is 0. The van der Waals surface area contributed by atoms with E-state index in [1.165, 1.54) is 0 Å². The van der Waals surface area contributed by atoms with Gasteiger partial charge < -0.3 is 16.4 Å². The summed E-state index contributed by atoms with van der Waals surface area (Å²) in [5, 5.41) is 6.13. The quantitative estimate of drug-likeness (QED) is 0.424. The maximum Gasteiger partial charge on any atom is 0.244 e. The van der Waals surface area contributed by atoms with Crippen LogP contribution in [0.2, 0.25) is 0 Å². The molecule has 1 aliphatic carbocycles. The molecule has 1 spiro atoms. The van der Waals surface area contributed by atoms with E-state index < -0.39 is 5.41 Å². The van der Waals surface area contributed by atoms with Gasteiger partial charge in [0.15, 0.2) is 0 Å². The number of nitrogens with zero attached hydrogens (tertiary/aromatic N) is 4. The minimum absolute atomic E-state index is 0.0674. The van der Waals surface area contributed by atoms with Crippen molar-refractivity contribution in [3.63, 3.8) is 0 Å². The Morgan fingerprint density at radius 1 is 1.25 bits per heavy atom. The number of hydrogen-bond acceptors (Lipinski definition) is 7. The number of rotatable bonds is 6. The minimum atomic E-state index is -1.03. The van der Waals surface area contributed by atoms with Crippen LogP contribution in [-0.4, -0.2) is 46.6 Å². The molecule has 9 heteroatoms. The van der Waals surface area contributed by atoms with Crippen LogP contribution in [0.3, 0.4) is 0 Å². The zero-order valence-corrected chi connectivity index (χ0v) is 20.8. The predicted octanol–water partition coefficient (Wildman–Crippen LogP) is 3.34. The molecule has 0 radical (unpaired) electrons. The first kappa shape index (κ1) is 24.0. The van der Waals surface area contributed by atoms with Crippen LogP contribution in [0, 0.1) is 5.41 Å². The van der Waals surface area contributed by atoms with E-state index in [-0.39, 0.29) is 23.9 Å². The summed E-state index contributed by atoms with van der Waals surface area (Å²) in [6, 6.07) is 8.05. The molecular weight excluding hydrogens is 454 g/mol. The summed E-state index contributed by atoms with van der Waals surface area (Å²) in [5.41, 5.74) is 8.23. The second-order valence-corrected chi connectivity index (χ2v) is 10.1. The number of anilines is 3. The van der Waals surface area contributed by atoms with Crippen molar-refractivity contribution in [2.24, 2.45) is 16.1 Å². The molecule has 1 saturated heterocycles. The molecule has 1 saturated carbocycles. The largest absolute Gasteiger partial charge is 0.404 e. The van der Waals surface area contributed by atoms with Crippen LogP contribution in [0.25, 0.3) is 5.57 Å². The van der Waals surface area contributed by atoms with Crippen molar-refractivity contribution in [1.82, 2.24) is 15.3 Å². The summed E-state index contributed by atoms with van der Waals surface area (Å²) in [7, 11) is 0. The first-order valence-corrected chi connectivity index (χ1v) is 12.7. The Labute approximate surface area is 211 Å². The van der Waals surface area contributed by atoms with Gasteiger partial charge in [-0.15, -0.1) is 0 Å². The molecule has 5 rings (SSSR count). The third-order valence-corrected chi connectivity index (χ3v) is 7.32. The Hall–Kier alpha value is -3.75. The van der Waals surface area contributed by atoms with Gasteiger partial charge in [0.1, 0.15) is 11.2 Å². The second-order valence-electron chi connectivity index (χ2n) is 10.1. The Morgan fingerprint density at radius 2 is 2.00 bits per heavy atom. The van der Waals surface area contributed by atoms with E-state index in [2.05, 4.69) is 20.6 Å². The monoisotopic (exact) mass is 487 g/mol. The van der Waals surface area contributed by atoms with Gasteiger partial charge >= 0.3 is 0 Å². The van der Waals surface area contributed by atoms with E-state index in [1.54, 1.807) is 23.5 Å². The van der Waals surface area contributed by atoms with Gasteiger partial charge in [0.25, 0.3) is 0 Å². The van der Waals surface area contributed by atoms with Gasteiger partial charge in [-0.05, 0) is 50.8 Å². The molecule has 1 aromatic heterocycles. The predicted molar refractivity (Wildman–Crippen MR) is 141 cm³/mol. The summed E-state index contributed by atoms with van der Waals surface area (Å²) in [4.78, 5) is 42.1. The van der Waals surface area contributed by atoms with E-state index >= 15 is 0 Å². The average molecular weight is 488 g/mol. The van der Waals surface area contributed by atoms with Gasteiger partial charge in [-0.1, -0.05) is 25.0 Å². The highest BCUT2D eigenvalue weighted by Gasteiger charge is 2.56. The summed E-state index contributed by atoms with van der Waals surface area (Å²) in [5.74, 6) is 0.757. The lowest BCUT2D eigenvalue weighted by Crippen LogP contribution is -2.56. The smallest absolute Gasteiger partial charge is 0.244 e. The lowest BCUT2D eigenvalue weighted by Gasteiger charge is -2.40. The van der Waals surface area contributed by atoms with Gasteiger partial charge in [0.05, 0.1) is 0 Å². The first-order valence-electron chi connectivity index (χ1n) is 12.7. The first-order chi connectivity index (χ1) is 17.4. The van der Waals surface area contributed by atoms with Crippen LogP contribution in [0.4, 0.5) is 17.5 Å². The van der Waals surface area contributed by atoms with Gasteiger partial charge in [-0.2, -0.15) is 4.98 Å². The van der Waals surface area contributed by atoms with Crippen molar-refractivity contribution in [2.75, 3.05) is 16.8 Å². The van der Waals surface area contributed by atoms with E-state index in [0.717, 1.165) is 48.1 Å². The molecule has 188 valence electrons. The maximum atomic E-state index is 13.8. The van der Waals surface area contributed by atoms with Crippen LogP contribution >= 0.6 is 0 Å². The molecule has 3 aliphatic rings. The number of carbonyl (C=O) groups excluding carboxylic acids is 2. The molecule has 2 aromatic rings. The summed E-state index contributed by atoms with van der Waals surface area (Å²) in [6.07, 6.45) is 9.96. The molecule has 4 N–H and O–H groups in total. The van der Waals surface area contributed by atoms with E-state index in [0.29, 0.717) is 31.2 Å². The fourth-order valence-corrected chi connectivity index (χ4v) is 5.38. The van der Waals surface area contributed by atoms with Gasteiger partial charge in [-0.25, -0.2) is 4.98 Å². The molecule has 9 nitrogen and oxygen atoms in total. The molecule has 2 aliphatic heterocycles. The number of nitrogens with two attached hydrogens (primary N) is 1. The molecule has 1 aromatic carbocycles. The van der Waals surface area contributed by atoms with Crippen molar-refractivity contribution in [1.29, 1.82) is 0 Å². The standard InChI is InChI=1S/C27H33N7O2/c1-17(2)30-16-20(14-28)18-7-9-21(10-8-18)32-26-31-15-19-13-27(11-12-29-24(27)35)25(36)34(23(19)33-26)22-5-3-4-6-22/h7-10,14-17,22H,3-6,11-13,28H2,1-2H3,(H,29,35)(H,31,32,33)/t27-/m1/s1. The normalized spacial score (nSPS) is 22.6. The van der Waals surface area contributed by atoms with E-state index in [4.69, 9.17) is 10.7 Å². The van der Waals surface area contributed by atoms with E-state index in [1.807, 2.05) is 38.1 Å². The third kappa shape index (κ3) is 4.34. The number of hydrogen-bond donors (Lipinski definition) is 3. The molecule has 1 atom stereocenters. The molecule has 3 heterocycles. The van der Waals surface area contributed by atoms with E-state index in [9.17, 15) is 9.59 Å². The number of amides is 2. The highest BCUT2D eigenvalue weighted by Crippen LogP contribution is 2.44. The number of benzene rings is 1. The van der Waals surface area contributed by atoms with Crippen molar-refractivity contribution >= 4 is 41.1 Å². The van der Waals surface area contributed by atoms with Crippen LogP contribution in [0.1, 0.15) is 57.1 Å². The SMILES string of the molecule is CC(C)N=CC(=CN)c1ccc(Nc2ncc3c(n2)N(C2CCCC2)C(=O)[C@]2(CCNC2=O)C3)cc1. The molecule has 36 heavy (non-hydrogen) atoms. The number of allylic oxidation sites excluding steroid dienone is 1. The lowest BCUT2D eigenvalue weighted by atomic mass is 9.76. The van der Waals surface area contributed by atoms with Crippen LogP contribution < -0.4 is 21.3 Å². The van der Waals surface area contributed by atoms with Gasteiger partial charge in [0.2, 0.25) is 17.8 Å². The number of aromatic nitrogens is 2. The zero-order valence-electron chi connectivity index (χ0n) is 20.8. The number of fused-ring (bicyclic) bond motifs is 1. The van der Waals surface area contributed by atoms with Crippen molar-refractivity contribution < 1.29 is 9.59 Å². The molecule has 2 amide bonds. The Morgan fingerprint density at radius 3 is 2.64 bits per heavy atom. The zero-order chi connectivity index (χ0) is 25.3. The highest BCUT2D eigenvalue weighted by atomic mass is 16.2. The van der Waals surface area contributed by atoms with Crippen molar-refractivity contribution in [2.45, 2.75) is 64.5 Å². The number of aliphatic imine (C=N–C) groups is 1. The van der Waals surface area contributed by atoms with Gasteiger partial charge in [0, 0.05) is 60.5 Å². The number of nitrogens with one attached hydrogen (secondary N) is 2. The summed E-state index contributed by atoms with van der Waals surface area (Å²) >= 11 is 0. The summed E-state index contributed by atoms with van der Waals surface area (Å²) in [6.45, 7) is 4.55. The Bertz CT molecular complexity index is 1220. The third-order valence-electron chi connectivity index (χ3n) is 7.32.